The van der Waals surface area contributed by atoms with Crippen molar-refractivity contribution in [1.29, 1.82) is 0 Å². The summed E-state index contributed by atoms with van der Waals surface area (Å²) in [4.78, 5) is 23.1. The van der Waals surface area contributed by atoms with Crippen molar-refractivity contribution in [3.8, 4) is 5.75 Å². The molecule has 0 heterocycles. The van der Waals surface area contributed by atoms with Gasteiger partial charge in [-0.3, -0.25) is 9.59 Å². The quantitative estimate of drug-likeness (QED) is 0.488. The lowest BCUT2D eigenvalue weighted by atomic mass is 10.2. The molecule has 18 heavy (non-hydrogen) atoms. The maximum absolute atomic E-state index is 11.9. The molecule has 0 fully saturated rings. The van der Waals surface area contributed by atoms with Gasteiger partial charge in [-0.2, -0.15) is 0 Å². The summed E-state index contributed by atoms with van der Waals surface area (Å²) in [5, 5.41) is 2.66. The number of alkyl halides is 1. The highest BCUT2D eigenvalue weighted by molar-refractivity contribution is 14.1. The van der Waals surface area contributed by atoms with Crippen molar-refractivity contribution in [1.82, 2.24) is 5.32 Å². The Morgan fingerprint density at radius 2 is 2.00 bits per heavy atom. The molecule has 1 amide bonds. The van der Waals surface area contributed by atoms with Crippen molar-refractivity contribution in [2.45, 2.75) is 3.92 Å². The topological polar surface area (TPSA) is 64.6 Å². The number of carbonyl (C=O) groups excluding carboxylic acids is 2. The lowest BCUT2D eigenvalue weighted by Crippen LogP contribution is -2.34. The minimum atomic E-state index is -0.411. The van der Waals surface area contributed by atoms with Gasteiger partial charge in [0, 0.05) is 6.54 Å². The number of hydrogen-bond donors (Lipinski definition) is 1. The molecule has 0 aliphatic rings. The van der Waals surface area contributed by atoms with Crippen LogP contribution in [0.25, 0.3) is 0 Å². The first-order valence-corrected chi connectivity index (χ1v) is 6.47. The van der Waals surface area contributed by atoms with E-state index in [0.29, 0.717) is 11.3 Å². The Morgan fingerprint density at radius 1 is 1.33 bits per heavy atom. The van der Waals surface area contributed by atoms with Crippen molar-refractivity contribution in [3.05, 3.63) is 29.8 Å². The second kappa shape index (κ2) is 7.20. The summed E-state index contributed by atoms with van der Waals surface area (Å²) in [5.74, 6) is -0.146. The van der Waals surface area contributed by atoms with Crippen LogP contribution >= 0.6 is 22.6 Å². The number of para-hydroxylation sites is 1. The highest BCUT2D eigenvalue weighted by Gasteiger charge is 2.17. The first kappa shape index (κ1) is 14.7. The number of esters is 1. The predicted octanol–water partition coefficient (Wildman–Crippen LogP) is 1.40. The standard InChI is InChI=1S/C12H14INO4/c1-17-10-6-4-3-5-8(10)11(15)14-7-9(13)12(16)18-2/h3-6,9H,7H2,1-2H3,(H,14,15). The highest BCUT2D eigenvalue weighted by Crippen LogP contribution is 2.16. The fourth-order valence-electron chi connectivity index (χ4n) is 1.32. The van der Waals surface area contributed by atoms with Gasteiger partial charge >= 0.3 is 5.97 Å². The second-order valence-corrected chi connectivity index (χ2v) is 4.90. The van der Waals surface area contributed by atoms with Crippen LogP contribution in [0.3, 0.4) is 0 Å². The van der Waals surface area contributed by atoms with E-state index in [1.54, 1.807) is 24.3 Å². The Labute approximate surface area is 119 Å². The molecule has 1 rings (SSSR count). The van der Waals surface area contributed by atoms with Gasteiger partial charge < -0.3 is 14.8 Å². The Morgan fingerprint density at radius 3 is 2.61 bits per heavy atom. The average Bonchev–Trinajstić information content (AvgIpc) is 2.43. The van der Waals surface area contributed by atoms with Crippen LogP contribution in [0, 0.1) is 0 Å². The van der Waals surface area contributed by atoms with Crippen molar-refractivity contribution in [2.75, 3.05) is 20.8 Å². The van der Waals surface area contributed by atoms with Gasteiger partial charge in [0.1, 0.15) is 9.67 Å². The molecule has 1 atom stereocenters. The zero-order chi connectivity index (χ0) is 13.5. The number of rotatable bonds is 5. The summed E-state index contributed by atoms with van der Waals surface area (Å²) in [7, 11) is 2.82. The molecule has 0 spiro atoms. The van der Waals surface area contributed by atoms with E-state index in [1.165, 1.54) is 14.2 Å². The first-order chi connectivity index (χ1) is 8.60. The third-order valence-electron chi connectivity index (χ3n) is 2.25. The molecular weight excluding hydrogens is 349 g/mol. The van der Waals surface area contributed by atoms with E-state index in [9.17, 15) is 9.59 Å². The monoisotopic (exact) mass is 363 g/mol. The van der Waals surface area contributed by atoms with Gasteiger partial charge in [0.15, 0.2) is 0 Å². The minimum Gasteiger partial charge on any atom is -0.496 e. The molecule has 1 unspecified atom stereocenters. The average molecular weight is 363 g/mol. The van der Waals surface area contributed by atoms with Gasteiger partial charge in [-0.25, -0.2) is 0 Å². The number of amides is 1. The van der Waals surface area contributed by atoms with E-state index < -0.39 is 3.92 Å². The number of halogens is 1. The molecule has 0 aromatic heterocycles. The number of benzene rings is 1. The summed E-state index contributed by atoms with van der Waals surface area (Å²) in [5.41, 5.74) is 0.438. The molecule has 0 saturated heterocycles. The van der Waals surface area contributed by atoms with Crippen LogP contribution in [0.5, 0.6) is 5.75 Å². The predicted molar refractivity (Wildman–Crippen MR) is 75.2 cm³/mol. The maximum Gasteiger partial charge on any atom is 0.320 e. The summed E-state index contributed by atoms with van der Waals surface area (Å²) < 4.78 is 9.25. The van der Waals surface area contributed by atoms with E-state index in [-0.39, 0.29) is 18.4 Å². The SMILES string of the molecule is COC(=O)C(I)CNC(=O)c1ccccc1OC. The Kier molecular flexibility index (Phi) is 5.90. The fraction of sp³-hybridized carbons (Fsp3) is 0.333. The van der Waals surface area contributed by atoms with Gasteiger partial charge in [-0.15, -0.1) is 0 Å². The van der Waals surface area contributed by atoms with Crippen LogP contribution in [0.2, 0.25) is 0 Å². The van der Waals surface area contributed by atoms with E-state index in [0.717, 1.165) is 0 Å². The highest BCUT2D eigenvalue weighted by atomic mass is 127. The minimum absolute atomic E-state index is 0.212. The molecule has 0 radical (unpaired) electrons. The zero-order valence-electron chi connectivity index (χ0n) is 10.1. The van der Waals surface area contributed by atoms with Crippen molar-refractivity contribution in [3.63, 3.8) is 0 Å². The molecule has 5 nitrogen and oxygen atoms in total. The van der Waals surface area contributed by atoms with E-state index in [1.807, 2.05) is 22.6 Å². The summed E-state index contributed by atoms with van der Waals surface area (Å²) >= 11 is 1.92. The largest absolute Gasteiger partial charge is 0.496 e. The molecule has 1 aromatic rings. The smallest absolute Gasteiger partial charge is 0.320 e. The molecular formula is C12H14INO4. The normalized spacial score (nSPS) is 11.5. The van der Waals surface area contributed by atoms with Gasteiger partial charge in [-0.05, 0) is 12.1 Å². The molecule has 0 bridgehead atoms. The molecule has 6 heteroatoms. The lowest BCUT2D eigenvalue weighted by molar-refractivity contribution is -0.139. The Hall–Kier alpha value is -1.31. The first-order valence-electron chi connectivity index (χ1n) is 5.23. The maximum atomic E-state index is 11.9. The van der Waals surface area contributed by atoms with E-state index in [4.69, 9.17) is 4.74 Å². The summed E-state index contributed by atoms with van der Waals surface area (Å²) in [6.07, 6.45) is 0. The summed E-state index contributed by atoms with van der Waals surface area (Å²) in [6, 6.07) is 6.90. The van der Waals surface area contributed by atoms with Crippen LogP contribution in [-0.4, -0.2) is 36.6 Å². The van der Waals surface area contributed by atoms with Crippen molar-refractivity contribution in [2.24, 2.45) is 0 Å². The van der Waals surface area contributed by atoms with E-state index in [2.05, 4.69) is 10.1 Å². The third kappa shape index (κ3) is 3.86. The van der Waals surface area contributed by atoms with Crippen molar-refractivity contribution < 1.29 is 19.1 Å². The lowest BCUT2D eigenvalue weighted by Gasteiger charge is -2.11. The van der Waals surface area contributed by atoms with Gasteiger partial charge in [-0.1, -0.05) is 34.7 Å². The van der Waals surface area contributed by atoms with Crippen LogP contribution in [0.4, 0.5) is 0 Å². The van der Waals surface area contributed by atoms with Crippen LogP contribution in [-0.2, 0) is 9.53 Å². The molecule has 0 aliphatic heterocycles. The van der Waals surface area contributed by atoms with Gasteiger partial charge in [0.2, 0.25) is 0 Å². The van der Waals surface area contributed by atoms with Crippen LogP contribution in [0.15, 0.2) is 24.3 Å². The van der Waals surface area contributed by atoms with Crippen molar-refractivity contribution >= 4 is 34.5 Å². The molecule has 0 saturated carbocycles. The fourth-order valence-corrected chi connectivity index (χ4v) is 1.80. The number of hydrogen-bond acceptors (Lipinski definition) is 4. The summed E-state index contributed by atoms with van der Waals surface area (Å²) in [6.45, 7) is 0.212. The second-order valence-electron chi connectivity index (χ2n) is 3.40. The van der Waals surface area contributed by atoms with E-state index >= 15 is 0 Å². The molecule has 1 aromatic carbocycles. The van der Waals surface area contributed by atoms with Gasteiger partial charge in [0.05, 0.1) is 19.8 Å². The number of nitrogens with one attached hydrogen (secondary N) is 1. The molecule has 0 aliphatic carbocycles. The van der Waals surface area contributed by atoms with Crippen LogP contribution < -0.4 is 10.1 Å². The zero-order valence-corrected chi connectivity index (χ0v) is 12.3. The Balaban J connectivity index is 2.63. The van der Waals surface area contributed by atoms with Gasteiger partial charge in [0.25, 0.3) is 5.91 Å². The number of carbonyl (C=O) groups is 2. The molecule has 1 N–H and O–H groups in total. The van der Waals surface area contributed by atoms with Crippen LogP contribution in [0.1, 0.15) is 10.4 Å². The molecule has 98 valence electrons. The number of methoxy groups -OCH3 is 2. The third-order valence-corrected chi connectivity index (χ3v) is 3.20. The number of ether oxygens (including phenoxy) is 2. The Bertz CT molecular complexity index is 436.